The Kier molecular flexibility index (Phi) is 6.15. The van der Waals surface area contributed by atoms with Gasteiger partial charge >= 0.3 is 6.09 Å². The molecule has 24 heavy (non-hydrogen) atoms. The van der Waals surface area contributed by atoms with Crippen molar-refractivity contribution in [1.82, 2.24) is 9.80 Å². The predicted molar refractivity (Wildman–Crippen MR) is 96.8 cm³/mol. The molecule has 1 atom stereocenters. The smallest absolute Gasteiger partial charge is 0.410 e. The number of carbonyl (C=O) groups excluding carboxylic acids is 1. The lowest BCUT2D eigenvalue weighted by molar-refractivity contribution is 0.00446. The summed E-state index contributed by atoms with van der Waals surface area (Å²) in [6.45, 7) is 9.82. The molecule has 0 aliphatic carbocycles. The van der Waals surface area contributed by atoms with E-state index in [1.54, 1.807) is 17.0 Å². The molecule has 1 fully saturated rings. The Balaban J connectivity index is 1.99. The molecular formula is C17H23BrClFN2O2. The zero-order valence-electron chi connectivity index (χ0n) is 14.4. The summed E-state index contributed by atoms with van der Waals surface area (Å²) in [4.78, 5) is 16.0. The second-order valence-electron chi connectivity index (χ2n) is 7.08. The first-order valence-corrected chi connectivity index (χ1v) is 9.10. The monoisotopic (exact) mass is 420 g/mol. The van der Waals surface area contributed by atoms with Gasteiger partial charge in [0.15, 0.2) is 0 Å². The number of ether oxygens (including phenoxy) is 1. The van der Waals surface area contributed by atoms with Gasteiger partial charge in [-0.25, -0.2) is 9.18 Å². The molecule has 1 aliphatic rings. The summed E-state index contributed by atoms with van der Waals surface area (Å²) in [5.74, 6) is -0.396. The van der Waals surface area contributed by atoms with Gasteiger partial charge in [0.1, 0.15) is 11.4 Å². The standard InChI is InChI=1S/C17H23BrClFN2O2/c1-11-9-22(16(23)24-17(2,3)4)8-7-21(11)10-12-5-6-13(18)14(19)15(12)20/h5-6,11H,7-10H2,1-4H3. The van der Waals surface area contributed by atoms with Crippen molar-refractivity contribution in [3.63, 3.8) is 0 Å². The molecule has 0 bridgehead atoms. The third kappa shape index (κ3) is 4.83. The molecule has 1 saturated heterocycles. The van der Waals surface area contributed by atoms with Crippen LogP contribution in [0, 0.1) is 5.82 Å². The highest BCUT2D eigenvalue weighted by atomic mass is 79.9. The van der Waals surface area contributed by atoms with Crippen LogP contribution in [0.1, 0.15) is 33.3 Å². The first-order chi connectivity index (χ1) is 11.1. The maximum atomic E-state index is 14.3. The number of benzene rings is 1. The number of hydrogen-bond donors (Lipinski definition) is 0. The van der Waals surface area contributed by atoms with Crippen molar-refractivity contribution in [2.24, 2.45) is 0 Å². The number of nitrogens with zero attached hydrogens (tertiary/aromatic N) is 2. The van der Waals surface area contributed by atoms with E-state index >= 15 is 0 Å². The lowest BCUT2D eigenvalue weighted by Gasteiger charge is -2.40. The summed E-state index contributed by atoms with van der Waals surface area (Å²) in [6.07, 6.45) is -0.299. The Labute approximate surface area is 156 Å². The maximum absolute atomic E-state index is 14.3. The van der Waals surface area contributed by atoms with Gasteiger partial charge in [-0.2, -0.15) is 0 Å². The van der Waals surface area contributed by atoms with Crippen molar-refractivity contribution >= 4 is 33.6 Å². The highest BCUT2D eigenvalue weighted by molar-refractivity contribution is 9.10. The van der Waals surface area contributed by atoms with Crippen LogP contribution in [0.3, 0.4) is 0 Å². The Morgan fingerprint density at radius 2 is 2.08 bits per heavy atom. The third-order valence-corrected chi connectivity index (χ3v) is 5.16. The minimum absolute atomic E-state index is 0.104. The minimum atomic E-state index is -0.505. The zero-order chi connectivity index (χ0) is 18.1. The van der Waals surface area contributed by atoms with E-state index in [1.807, 2.05) is 27.7 Å². The topological polar surface area (TPSA) is 32.8 Å². The van der Waals surface area contributed by atoms with Crippen LogP contribution in [0.15, 0.2) is 16.6 Å². The molecule has 1 aliphatic heterocycles. The number of carbonyl (C=O) groups is 1. The van der Waals surface area contributed by atoms with Gasteiger partial charge in [0, 0.05) is 42.3 Å². The van der Waals surface area contributed by atoms with E-state index in [-0.39, 0.29) is 17.2 Å². The van der Waals surface area contributed by atoms with Crippen LogP contribution in [0.4, 0.5) is 9.18 Å². The van der Waals surface area contributed by atoms with E-state index < -0.39 is 11.4 Å². The van der Waals surface area contributed by atoms with E-state index in [0.717, 1.165) is 0 Å². The molecule has 0 saturated carbocycles. The second kappa shape index (κ2) is 7.58. The highest BCUT2D eigenvalue weighted by Gasteiger charge is 2.30. The minimum Gasteiger partial charge on any atom is -0.444 e. The predicted octanol–water partition coefficient (Wildman–Crippen LogP) is 4.68. The number of amides is 1. The molecule has 1 aromatic rings. The molecule has 0 spiro atoms. The molecule has 0 aromatic heterocycles. The summed E-state index contributed by atoms with van der Waals surface area (Å²) in [7, 11) is 0. The van der Waals surface area contributed by atoms with E-state index in [1.165, 1.54) is 0 Å². The molecule has 0 radical (unpaired) electrons. The molecular weight excluding hydrogens is 399 g/mol. The number of hydrogen-bond acceptors (Lipinski definition) is 3. The summed E-state index contributed by atoms with van der Waals surface area (Å²) in [6, 6.07) is 3.59. The Bertz CT molecular complexity index is 621. The van der Waals surface area contributed by atoms with E-state index in [9.17, 15) is 9.18 Å². The first-order valence-electron chi connectivity index (χ1n) is 7.93. The fourth-order valence-corrected chi connectivity index (χ4v) is 3.12. The zero-order valence-corrected chi connectivity index (χ0v) is 16.7. The van der Waals surface area contributed by atoms with E-state index in [0.29, 0.717) is 36.2 Å². The van der Waals surface area contributed by atoms with Crippen molar-refractivity contribution in [3.05, 3.63) is 33.0 Å². The molecule has 2 rings (SSSR count). The lowest BCUT2D eigenvalue weighted by atomic mass is 10.1. The van der Waals surface area contributed by atoms with Crippen molar-refractivity contribution in [2.75, 3.05) is 19.6 Å². The third-order valence-electron chi connectivity index (χ3n) is 3.91. The van der Waals surface area contributed by atoms with Crippen LogP contribution in [0.25, 0.3) is 0 Å². The van der Waals surface area contributed by atoms with Gasteiger partial charge in [-0.15, -0.1) is 0 Å². The highest BCUT2D eigenvalue weighted by Crippen LogP contribution is 2.29. The van der Waals surface area contributed by atoms with E-state index in [4.69, 9.17) is 16.3 Å². The lowest BCUT2D eigenvalue weighted by Crippen LogP contribution is -2.54. The SMILES string of the molecule is CC1CN(C(=O)OC(C)(C)C)CCN1Cc1ccc(Br)c(Cl)c1F. The number of halogens is 3. The number of rotatable bonds is 2. The molecule has 1 heterocycles. The van der Waals surface area contributed by atoms with Crippen LogP contribution in [0.5, 0.6) is 0 Å². The average molecular weight is 422 g/mol. The Morgan fingerprint density at radius 3 is 2.67 bits per heavy atom. The summed E-state index contributed by atoms with van der Waals surface area (Å²) in [5.41, 5.74) is 0.0511. The Morgan fingerprint density at radius 1 is 1.42 bits per heavy atom. The van der Waals surface area contributed by atoms with E-state index in [2.05, 4.69) is 20.8 Å². The molecule has 1 unspecified atom stereocenters. The largest absolute Gasteiger partial charge is 0.444 e. The first kappa shape index (κ1) is 19.5. The van der Waals surface area contributed by atoms with Gasteiger partial charge < -0.3 is 9.64 Å². The fraction of sp³-hybridized carbons (Fsp3) is 0.588. The average Bonchev–Trinajstić information content (AvgIpc) is 2.47. The molecule has 1 aromatic carbocycles. The van der Waals surface area contributed by atoms with Gasteiger partial charge in [0.05, 0.1) is 5.02 Å². The Hall–Kier alpha value is -0.850. The fourth-order valence-electron chi connectivity index (χ4n) is 2.63. The van der Waals surface area contributed by atoms with Crippen LogP contribution >= 0.6 is 27.5 Å². The molecule has 1 amide bonds. The quantitative estimate of drug-likeness (QED) is 0.650. The van der Waals surface area contributed by atoms with Gasteiger partial charge in [0.2, 0.25) is 0 Å². The van der Waals surface area contributed by atoms with Crippen LogP contribution in [0.2, 0.25) is 5.02 Å². The summed E-state index contributed by atoms with van der Waals surface area (Å²) < 4.78 is 20.2. The van der Waals surface area contributed by atoms with Crippen molar-refractivity contribution in [3.8, 4) is 0 Å². The number of piperazine rings is 1. The van der Waals surface area contributed by atoms with Crippen LogP contribution in [-0.4, -0.2) is 47.2 Å². The van der Waals surface area contributed by atoms with Crippen LogP contribution in [-0.2, 0) is 11.3 Å². The summed E-state index contributed by atoms with van der Waals surface area (Å²) >= 11 is 9.17. The van der Waals surface area contributed by atoms with Crippen molar-refractivity contribution in [1.29, 1.82) is 0 Å². The van der Waals surface area contributed by atoms with Gasteiger partial charge in [0.25, 0.3) is 0 Å². The molecule has 7 heteroatoms. The van der Waals surface area contributed by atoms with Crippen LogP contribution < -0.4 is 0 Å². The van der Waals surface area contributed by atoms with Gasteiger partial charge in [-0.05, 0) is 49.7 Å². The normalized spacial score (nSPS) is 19.5. The summed E-state index contributed by atoms with van der Waals surface area (Å²) in [5, 5.41) is 0.104. The molecule has 0 N–H and O–H groups in total. The van der Waals surface area contributed by atoms with Gasteiger partial charge in [-0.1, -0.05) is 17.7 Å². The maximum Gasteiger partial charge on any atom is 0.410 e. The van der Waals surface area contributed by atoms with Crippen molar-refractivity contribution in [2.45, 2.75) is 45.9 Å². The second-order valence-corrected chi connectivity index (χ2v) is 8.31. The molecule has 4 nitrogen and oxygen atoms in total. The molecule has 134 valence electrons. The van der Waals surface area contributed by atoms with Crippen molar-refractivity contribution < 1.29 is 13.9 Å². The van der Waals surface area contributed by atoms with Gasteiger partial charge in [-0.3, -0.25) is 4.90 Å².